The summed E-state index contributed by atoms with van der Waals surface area (Å²) >= 11 is 5.42. The van der Waals surface area contributed by atoms with Crippen molar-refractivity contribution in [1.29, 1.82) is 0 Å². The summed E-state index contributed by atoms with van der Waals surface area (Å²) in [4.78, 5) is 27.4. The zero-order chi connectivity index (χ0) is 25.4. The van der Waals surface area contributed by atoms with Crippen LogP contribution in [0, 0.1) is 5.82 Å². The fraction of sp³-hybridized carbons (Fsp3) is 0.400. The van der Waals surface area contributed by atoms with E-state index in [1.54, 1.807) is 18.2 Å². The van der Waals surface area contributed by atoms with E-state index in [2.05, 4.69) is 20.9 Å². The molecule has 1 aromatic carbocycles. The number of nitrogens with zero attached hydrogens (tertiary/aromatic N) is 1. The van der Waals surface area contributed by atoms with Crippen molar-refractivity contribution in [3.05, 3.63) is 71.4 Å². The van der Waals surface area contributed by atoms with Crippen LogP contribution in [0.1, 0.15) is 25.8 Å². The van der Waals surface area contributed by atoms with Crippen LogP contribution in [-0.4, -0.2) is 60.7 Å². The minimum atomic E-state index is -0.888. The van der Waals surface area contributed by atoms with Gasteiger partial charge in [-0.3, -0.25) is 14.5 Å². The number of hydrogen-bond donors (Lipinski definition) is 3. The van der Waals surface area contributed by atoms with Gasteiger partial charge < -0.3 is 20.7 Å². The molecule has 3 N–H and O–H groups in total. The molecular weight excluding hydrogens is 474 g/mol. The molecule has 0 radical (unpaired) electrons. The molecule has 35 heavy (non-hydrogen) atoms. The molecule has 2 amide bonds. The van der Waals surface area contributed by atoms with E-state index in [9.17, 15) is 18.4 Å². The normalized spacial score (nSPS) is 18.9. The van der Waals surface area contributed by atoms with Crippen LogP contribution in [0.4, 0.5) is 8.78 Å². The Kier molecular flexibility index (Phi) is 9.25. The Hall–Kier alpha value is -2.95. The fourth-order valence-corrected chi connectivity index (χ4v) is 4.18. The summed E-state index contributed by atoms with van der Waals surface area (Å²) in [6, 6.07) is 5.24. The predicted molar refractivity (Wildman–Crippen MR) is 134 cm³/mol. The van der Waals surface area contributed by atoms with E-state index in [4.69, 9.17) is 17.0 Å². The number of nitrogens with one attached hydrogen (secondary N) is 3. The highest BCUT2D eigenvalue weighted by Crippen LogP contribution is 2.23. The van der Waals surface area contributed by atoms with Gasteiger partial charge in [-0.15, -0.1) is 0 Å². The first-order chi connectivity index (χ1) is 16.7. The van der Waals surface area contributed by atoms with Gasteiger partial charge >= 0.3 is 0 Å². The standard InChI is InChI=1S/C25H30F2N4O3S/c1-17(28-23(33)18-4-3-5-20(26)9-6-18)22(32)29-24(35)30-25(2,16-31-12-14-34-15-13-31)19-7-10-21(27)11-8-19/h3,5-11,17H,4,12-16H2,1-2H3,(H,28,33)(H2,29,30,32,35). The zero-order valence-corrected chi connectivity index (χ0v) is 20.6. The highest BCUT2D eigenvalue weighted by molar-refractivity contribution is 7.80. The van der Waals surface area contributed by atoms with Crippen molar-refractivity contribution < 1.29 is 23.1 Å². The third-order valence-corrected chi connectivity index (χ3v) is 6.05. The van der Waals surface area contributed by atoms with Gasteiger partial charge in [0.15, 0.2) is 5.11 Å². The topological polar surface area (TPSA) is 82.7 Å². The highest BCUT2D eigenvalue weighted by atomic mass is 32.1. The number of morpholine rings is 1. The Labute approximate surface area is 209 Å². The van der Waals surface area contributed by atoms with Gasteiger partial charge in [0.25, 0.3) is 0 Å². The lowest BCUT2D eigenvalue weighted by Gasteiger charge is -2.39. The molecule has 1 saturated heterocycles. The predicted octanol–water partition coefficient (Wildman–Crippen LogP) is 2.61. The van der Waals surface area contributed by atoms with Crippen LogP contribution >= 0.6 is 12.2 Å². The van der Waals surface area contributed by atoms with Gasteiger partial charge in [-0.2, -0.15) is 0 Å². The molecular formula is C25H30F2N4O3S. The van der Waals surface area contributed by atoms with Crippen molar-refractivity contribution in [3.8, 4) is 0 Å². The van der Waals surface area contributed by atoms with Gasteiger partial charge in [-0.25, -0.2) is 8.78 Å². The average molecular weight is 505 g/mol. The van der Waals surface area contributed by atoms with Gasteiger partial charge in [-0.1, -0.05) is 24.3 Å². The van der Waals surface area contributed by atoms with Crippen molar-refractivity contribution in [2.24, 2.45) is 0 Å². The molecule has 3 rings (SSSR count). The van der Waals surface area contributed by atoms with Gasteiger partial charge in [0.2, 0.25) is 11.8 Å². The van der Waals surface area contributed by atoms with E-state index >= 15 is 0 Å². The van der Waals surface area contributed by atoms with Crippen LogP contribution in [0.5, 0.6) is 0 Å². The van der Waals surface area contributed by atoms with E-state index in [-0.39, 0.29) is 17.4 Å². The molecule has 2 unspecified atom stereocenters. The van der Waals surface area contributed by atoms with Gasteiger partial charge in [0.05, 0.1) is 18.8 Å². The Bertz CT molecular complexity index is 1040. The molecule has 188 valence electrons. The van der Waals surface area contributed by atoms with Gasteiger partial charge in [0.1, 0.15) is 17.7 Å². The van der Waals surface area contributed by atoms with Crippen LogP contribution in [-0.2, 0) is 19.9 Å². The number of thiocarbonyl (C=S) groups is 1. The minimum absolute atomic E-state index is 0.0813. The molecule has 7 nitrogen and oxygen atoms in total. The molecule has 0 saturated carbocycles. The maximum Gasteiger partial charge on any atom is 0.248 e. The largest absolute Gasteiger partial charge is 0.379 e. The smallest absolute Gasteiger partial charge is 0.248 e. The molecule has 2 atom stereocenters. The number of rotatable bonds is 7. The summed E-state index contributed by atoms with van der Waals surface area (Å²) in [5, 5.41) is 8.52. The molecule has 10 heteroatoms. The van der Waals surface area contributed by atoms with Crippen molar-refractivity contribution in [2.45, 2.75) is 31.8 Å². The first-order valence-corrected chi connectivity index (χ1v) is 11.8. The molecule has 0 aromatic heterocycles. The molecule has 1 heterocycles. The molecule has 1 aliphatic heterocycles. The van der Waals surface area contributed by atoms with E-state index in [0.29, 0.717) is 25.3 Å². The highest BCUT2D eigenvalue weighted by Gasteiger charge is 2.31. The number of benzene rings is 1. The lowest BCUT2D eigenvalue weighted by atomic mass is 9.91. The molecule has 0 bridgehead atoms. The zero-order valence-electron chi connectivity index (χ0n) is 19.8. The number of carbonyl (C=O) groups excluding carboxylic acids is 2. The number of carbonyl (C=O) groups is 2. The molecule has 0 spiro atoms. The summed E-state index contributed by atoms with van der Waals surface area (Å²) in [5.41, 5.74) is 0.413. The summed E-state index contributed by atoms with van der Waals surface area (Å²) in [5.74, 6) is -1.77. The van der Waals surface area contributed by atoms with E-state index in [1.807, 2.05) is 6.92 Å². The van der Waals surface area contributed by atoms with Crippen molar-refractivity contribution in [2.75, 3.05) is 32.8 Å². The summed E-state index contributed by atoms with van der Waals surface area (Å²) in [6.45, 7) is 6.73. The Balaban J connectivity index is 1.63. The Morgan fingerprint density at radius 2 is 1.86 bits per heavy atom. The number of ether oxygens (including phenoxy) is 1. The monoisotopic (exact) mass is 504 g/mol. The van der Waals surface area contributed by atoms with Crippen LogP contribution in [0.3, 0.4) is 0 Å². The van der Waals surface area contributed by atoms with E-state index < -0.39 is 29.2 Å². The Morgan fingerprint density at radius 3 is 2.54 bits per heavy atom. The lowest BCUT2D eigenvalue weighted by Crippen LogP contribution is -2.57. The average Bonchev–Trinajstić information content (AvgIpc) is 3.04. The first-order valence-electron chi connectivity index (χ1n) is 11.4. The second kappa shape index (κ2) is 12.1. The first kappa shape index (κ1) is 26.7. The summed E-state index contributed by atoms with van der Waals surface area (Å²) < 4.78 is 32.3. The van der Waals surface area contributed by atoms with Crippen LogP contribution < -0.4 is 16.0 Å². The van der Waals surface area contributed by atoms with Crippen molar-refractivity contribution >= 4 is 29.1 Å². The minimum Gasteiger partial charge on any atom is -0.379 e. The van der Waals surface area contributed by atoms with Gasteiger partial charge in [-0.05, 0) is 62.3 Å². The van der Waals surface area contributed by atoms with Crippen LogP contribution in [0.15, 0.2) is 60.0 Å². The number of halogens is 2. The third kappa shape index (κ3) is 7.78. The number of allylic oxidation sites excluding steroid dienone is 5. The maximum absolute atomic E-state index is 13.5. The van der Waals surface area contributed by atoms with Crippen LogP contribution in [0.25, 0.3) is 0 Å². The number of amides is 2. The quantitative estimate of drug-likeness (QED) is 0.496. The summed E-state index contributed by atoms with van der Waals surface area (Å²) in [7, 11) is 0. The second-order valence-electron chi connectivity index (χ2n) is 8.72. The SMILES string of the molecule is CC(NC(=O)C1=CC=C(F)C=CC1)C(=O)NC(=S)NC(C)(CN1CCOCC1)c1ccc(F)cc1. The van der Waals surface area contributed by atoms with E-state index in [0.717, 1.165) is 18.7 Å². The number of hydrogen-bond acceptors (Lipinski definition) is 5. The van der Waals surface area contributed by atoms with E-state index in [1.165, 1.54) is 37.3 Å². The third-order valence-electron chi connectivity index (χ3n) is 5.84. The lowest BCUT2D eigenvalue weighted by molar-refractivity contribution is -0.126. The molecule has 1 aromatic rings. The second-order valence-corrected chi connectivity index (χ2v) is 9.12. The molecule has 2 aliphatic rings. The Morgan fingerprint density at radius 1 is 1.17 bits per heavy atom. The summed E-state index contributed by atoms with van der Waals surface area (Å²) in [6.07, 6.45) is 5.67. The fourth-order valence-electron chi connectivity index (χ4n) is 3.85. The van der Waals surface area contributed by atoms with Crippen LogP contribution in [0.2, 0.25) is 0 Å². The molecule has 1 aliphatic carbocycles. The molecule has 1 fully saturated rings. The van der Waals surface area contributed by atoms with Gasteiger partial charge in [0, 0.05) is 25.2 Å². The van der Waals surface area contributed by atoms with Crippen molar-refractivity contribution in [3.63, 3.8) is 0 Å². The van der Waals surface area contributed by atoms with Crippen molar-refractivity contribution in [1.82, 2.24) is 20.9 Å². The maximum atomic E-state index is 13.5.